The maximum absolute atomic E-state index is 12.4. The highest BCUT2D eigenvalue weighted by Gasteiger charge is 2.21. The molecule has 0 heterocycles. The molecule has 0 fully saturated rings. The Morgan fingerprint density at radius 3 is 2.68 bits per heavy atom. The highest BCUT2D eigenvalue weighted by atomic mass is 35.5. The van der Waals surface area contributed by atoms with Crippen LogP contribution in [-0.2, 0) is 4.74 Å². The Hall–Kier alpha value is -0.610. The third kappa shape index (κ3) is 4.77. The van der Waals surface area contributed by atoms with Crippen LogP contribution in [0, 0.1) is 0 Å². The van der Waals surface area contributed by atoms with Crippen LogP contribution >= 0.6 is 23.2 Å². The average molecular weight is 304 g/mol. The minimum absolute atomic E-state index is 0.00147. The summed E-state index contributed by atoms with van der Waals surface area (Å²) in [7, 11) is 3.59. The molecule has 0 aromatic heterocycles. The molecule has 1 aromatic carbocycles. The van der Waals surface area contributed by atoms with Gasteiger partial charge in [-0.25, -0.2) is 0 Å². The Labute approximate surface area is 124 Å². The van der Waals surface area contributed by atoms with E-state index < -0.39 is 0 Å². The van der Waals surface area contributed by atoms with E-state index in [0.29, 0.717) is 22.2 Å². The van der Waals surface area contributed by atoms with Crippen LogP contribution in [0.2, 0.25) is 10.0 Å². The smallest absolute Gasteiger partial charge is 0.181 e. The number of benzene rings is 1. The molecule has 0 saturated carbocycles. The highest BCUT2D eigenvalue weighted by Crippen LogP contribution is 2.23. The predicted octanol–water partition coefficient (Wildman–Crippen LogP) is 3.53. The average Bonchev–Trinajstić information content (AvgIpc) is 2.37. The SMILES string of the molecule is COCCCN(C)C(C)C(=O)c1ccc(Cl)cc1Cl. The lowest BCUT2D eigenvalue weighted by molar-refractivity contribution is 0.0855. The molecule has 0 radical (unpaired) electrons. The Bertz CT molecular complexity index is 437. The number of carbonyl (C=O) groups is 1. The van der Waals surface area contributed by atoms with Crippen molar-refractivity contribution in [2.24, 2.45) is 0 Å². The van der Waals surface area contributed by atoms with Crippen LogP contribution < -0.4 is 0 Å². The number of likely N-dealkylation sites (N-methyl/N-ethyl adjacent to an activating group) is 1. The highest BCUT2D eigenvalue weighted by molar-refractivity contribution is 6.37. The largest absolute Gasteiger partial charge is 0.385 e. The lowest BCUT2D eigenvalue weighted by atomic mass is 10.0. The first-order chi connectivity index (χ1) is 8.97. The molecule has 0 aliphatic heterocycles. The molecule has 1 unspecified atom stereocenters. The Kier molecular flexibility index (Phi) is 6.80. The molecule has 0 amide bonds. The third-order valence-electron chi connectivity index (χ3n) is 3.10. The van der Waals surface area contributed by atoms with E-state index in [0.717, 1.165) is 13.0 Å². The monoisotopic (exact) mass is 303 g/mol. The first-order valence-corrected chi connectivity index (χ1v) is 6.91. The van der Waals surface area contributed by atoms with Crippen LogP contribution in [0.4, 0.5) is 0 Å². The molecule has 0 aliphatic carbocycles. The van der Waals surface area contributed by atoms with E-state index >= 15 is 0 Å². The van der Waals surface area contributed by atoms with E-state index in [1.54, 1.807) is 25.3 Å². The molecular formula is C14H19Cl2NO2. The van der Waals surface area contributed by atoms with E-state index in [1.165, 1.54) is 0 Å². The lowest BCUT2D eigenvalue weighted by Gasteiger charge is -2.23. The molecule has 1 atom stereocenters. The fourth-order valence-corrected chi connectivity index (χ4v) is 2.27. The van der Waals surface area contributed by atoms with Gasteiger partial charge in [0.05, 0.1) is 11.1 Å². The van der Waals surface area contributed by atoms with Gasteiger partial charge in [-0.15, -0.1) is 0 Å². The number of Topliss-reactive ketones (excluding diaryl/α,β-unsaturated/α-hetero) is 1. The molecule has 19 heavy (non-hydrogen) atoms. The lowest BCUT2D eigenvalue weighted by Crippen LogP contribution is -2.37. The van der Waals surface area contributed by atoms with E-state index in [9.17, 15) is 4.79 Å². The van der Waals surface area contributed by atoms with Gasteiger partial charge in [-0.3, -0.25) is 9.69 Å². The van der Waals surface area contributed by atoms with Gasteiger partial charge in [0.2, 0.25) is 0 Å². The van der Waals surface area contributed by atoms with Crippen molar-refractivity contribution in [3.05, 3.63) is 33.8 Å². The molecular weight excluding hydrogens is 285 g/mol. The standard InChI is InChI=1S/C14H19Cl2NO2/c1-10(17(2)7-4-8-19-3)14(18)12-6-5-11(15)9-13(12)16/h5-6,9-10H,4,7-8H2,1-3H3. The van der Waals surface area contributed by atoms with Gasteiger partial charge >= 0.3 is 0 Å². The maximum atomic E-state index is 12.4. The number of rotatable bonds is 7. The van der Waals surface area contributed by atoms with Crippen molar-refractivity contribution < 1.29 is 9.53 Å². The van der Waals surface area contributed by atoms with Crippen molar-refractivity contribution in [1.82, 2.24) is 4.90 Å². The zero-order valence-electron chi connectivity index (χ0n) is 11.5. The van der Waals surface area contributed by atoms with Gasteiger partial charge in [-0.1, -0.05) is 23.2 Å². The second-order valence-corrected chi connectivity index (χ2v) is 5.33. The van der Waals surface area contributed by atoms with Gasteiger partial charge in [0.15, 0.2) is 5.78 Å². The second kappa shape index (κ2) is 7.85. The van der Waals surface area contributed by atoms with Crippen molar-refractivity contribution in [3.63, 3.8) is 0 Å². The third-order valence-corrected chi connectivity index (χ3v) is 3.64. The quantitative estimate of drug-likeness (QED) is 0.570. The molecule has 106 valence electrons. The number of ether oxygens (including phenoxy) is 1. The summed E-state index contributed by atoms with van der Waals surface area (Å²) in [6, 6.07) is 4.72. The normalized spacial score (nSPS) is 12.7. The predicted molar refractivity (Wildman–Crippen MR) is 79.4 cm³/mol. The van der Waals surface area contributed by atoms with E-state index in [4.69, 9.17) is 27.9 Å². The van der Waals surface area contributed by atoms with Crippen LogP contribution in [0.5, 0.6) is 0 Å². The molecule has 1 rings (SSSR count). The van der Waals surface area contributed by atoms with Gasteiger partial charge in [0, 0.05) is 30.8 Å². The molecule has 0 saturated heterocycles. The maximum Gasteiger partial charge on any atom is 0.181 e. The van der Waals surface area contributed by atoms with Crippen molar-refractivity contribution in [3.8, 4) is 0 Å². The summed E-state index contributed by atoms with van der Waals surface area (Å²) in [5, 5.41) is 0.928. The van der Waals surface area contributed by atoms with E-state index in [1.807, 2.05) is 18.9 Å². The summed E-state index contributed by atoms with van der Waals surface area (Å²) in [6.07, 6.45) is 0.888. The molecule has 5 heteroatoms. The number of methoxy groups -OCH3 is 1. The Balaban J connectivity index is 2.70. The van der Waals surface area contributed by atoms with Crippen LogP contribution in [0.3, 0.4) is 0 Å². The fraction of sp³-hybridized carbons (Fsp3) is 0.500. The van der Waals surface area contributed by atoms with Crippen LogP contribution in [0.15, 0.2) is 18.2 Å². The molecule has 0 N–H and O–H groups in total. The molecule has 1 aromatic rings. The molecule has 0 bridgehead atoms. The van der Waals surface area contributed by atoms with Gasteiger partial charge < -0.3 is 4.74 Å². The zero-order chi connectivity index (χ0) is 14.4. The van der Waals surface area contributed by atoms with Crippen molar-refractivity contribution in [2.75, 3.05) is 27.3 Å². The van der Waals surface area contributed by atoms with Gasteiger partial charge in [0.1, 0.15) is 0 Å². The van der Waals surface area contributed by atoms with E-state index in [2.05, 4.69) is 0 Å². The van der Waals surface area contributed by atoms with Crippen LogP contribution in [0.25, 0.3) is 0 Å². The van der Waals surface area contributed by atoms with Gasteiger partial charge in [0.25, 0.3) is 0 Å². The fourth-order valence-electron chi connectivity index (χ4n) is 1.77. The Morgan fingerprint density at radius 2 is 2.11 bits per heavy atom. The van der Waals surface area contributed by atoms with Crippen molar-refractivity contribution >= 4 is 29.0 Å². The molecule has 0 spiro atoms. The summed E-state index contributed by atoms with van der Waals surface area (Å²) in [5.41, 5.74) is 0.511. The first-order valence-electron chi connectivity index (χ1n) is 6.15. The van der Waals surface area contributed by atoms with Gasteiger partial charge in [-0.2, -0.15) is 0 Å². The number of carbonyl (C=O) groups excluding carboxylic acids is 1. The number of hydrogen-bond acceptors (Lipinski definition) is 3. The molecule has 0 aliphatic rings. The summed E-state index contributed by atoms with van der Waals surface area (Å²) < 4.78 is 5.00. The minimum atomic E-state index is -0.226. The summed E-state index contributed by atoms with van der Waals surface area (Å²) in [5.74, 6) is 0.00147. The number of halogens is 2. The number of hydrogen-bond donors (Lipinski definition) is 0. The second-order valence-electron chi connectivity index (χ2n) is 4.49. The first kappa shape index (κ1) is 16.4. The topological polar surface area (TPSA) is 29.5 Å². The van der Waals surface area contributed by atoms with Crippen molar-refractivity contribution in [1.29, 1.82) is 0 Å². The summed E-state index contributed by atoms with van der Waals surface area (Å²) in [4.78, 5) is 14.3. The van der Waals surface area contributed by atoms with E-state index in [-0.39, 0.29) is 11.8 Å². The van der Waals surface area contributed by atoms with Crippen molar-refractivity contribution in [2.45, 2.75) is 19.4 Å². The Morgan fingerprint density at radius 1 is 1.42 bits per heavy atom. The molecule has 3 nitrogen and oxygen atoms in total. The van der Waals surface area contributed by atoms with Crippen LogP contribution in [-0.4, -0.2) is 44.0 Å². The van der Waals surface area contributed by atoms with Gasteiger partial charge in [-0.05, 0) is 38.6 Å². The minimum Gasteiger partial charge on any atom is -0.385 e. The summed E-state index contributed by atoms with van der Waals surface area (Å²) in [6.45, 7) is 3.36. The number of ketones is 1. The van der Waals surface area contributed by atoms with Crippen LogP contribution in [0.1, 0.15) is 23.7 Å². The number of nitrogens with zero attached hydrogens (tertiary/aromatic N) is 1. The zero-order valence-corrected chi connectivity index (χ0v) is 13.0. The summed E-state index contributed by atoms with van der Waals surface area (Å²) >= 11 is 11.9.